The van der Waals surface area contributed by atoms with Crippen molar-refractivity contribution in [2.75, 3.05) is 27.4 Å². The van der Waals surface area contributed by atoms with Gasteiger partial charge in [0.1, 0.15) is 17.4 Å². The van der Waals surface area contributed by atoms with Crippen LogP contribution in [0.2, 0.25) is 0 Å². The molecule has 0 spiro atoms. The molecule has 3 rings (SSSR count). The van der Waals surface area contributed by atoms with Crippen LogP contribution in [0.4, 0.5) is 0 Å². The highest BCUT2D eigenvalue weighted by Gasteiger charge is 2.18. The molecule has 0 saturated heterocycles. The number of ether oxygens (including phenoxy) is 4. The van der Waals surface area contributed by atoms with Crippen LogP contribution in [0.5, 0.6) is 23.1 Å². The number of aromatic nitrogens is 1. The second-order valence-corrected chi connectivity index (χ2v) is 13.5. The third kappa shape index (κ3) is 14.6. The van der Waals surface area contributed by atoms with Gasteiger partial charge in [0, 0.05) is 11.1 Å². The standard InChI is InChI=1S/C44H64N2O4/c1-5-7-9-11-13-15-17-19-21-23-31-49-38-28-25-36(26-29-38)41-34-39(40(35-45)44(46-41)48-4)37-27-30-42(43(33-37)47-3)50-32-24-22-20-18-16-14-12-10-8-6-2/h25-30,33-34H,5-24,31-32H2,1-4H3. The van der Waals surface area contributed by atoms with Gasteiger partial charge >= 0.3 is 0 Å². The van der Waals surface area contributed by atoms with Crippen molar-refractivity contribution in [3.05, 3.63) is 54.1 Å². The predicted molar refractivity (Wildman–Crippen MR) is 208 cm³/mol. The van der Waals surface area contributed by atoms with Gasteiger partial charge in [-0.2, -0.15) is 5.26 Å². The second kappa shape index (κ2) is 25.3. The van der Waals surface area contributed by atoms with E-state index in [2.05, 4.69) is 19.9 Å². The van der Waals surface area contributed by atoms with Crippen LogP contribution in [-0.4, -0.2) is 32.4 Å². The molecule has 50 heavy (non-hydrogen) atoms. The molecule has 0 aliphatic carbocycles. The van der Waals surface area contributed by atoms with Gasteiger partial charge in [0.2, 0.25) is 5.88 Å². The molecule has 1 heterocycles. The summed E-state index contributed by atoms with van der Waals surface area (Å²) in [5, 5.41) is 10.1. The lowest BCUT2D eigenvalue weighted by atomic mass is 9.98. The van der Waals surface area contributed by atoms with E-state index in [0.29, 0.717) is 29.5 Å². The fourth-order valence-corrected chi connectivity index (χ4v) is 6.38. The molecule has 6 heteroatoms. The molecule has 0 atom stereocenters. The van der Waals surface area contributed by atoms with E-state index in [-0.39, 0.29) is 0 Å². The molecule has 0 amide bonds. The molecule has 0 unspecified atom stereocenters. The van der Waals surface area contributed by atoms with E-state index < -0.39 is 0 Å². The first-order valence-corrected chi connectivity index (χ1v) is 19.7. The quantitative estimate of drug-likeness (QED) is 0.0709. The van der Waals surface area contributed by atoms with E-state index >= 15 is 0 Å². The third-order valence-corrected chi connectivity index (χ3v) is 9.44. The highest BCUT2D eigenvalue weighted by molar-refractivity contribution is 5.79. The fraction of sp³-hybridized carbons (Fsp3) is 0.591. The van der Waals surface area contributed by atoms with Gasteiger partial charge in [-0.05, 0) is 60.9 Å². The number of hydrogen-bond acceptors (Lipinski definition) is 6. The normalized spacial score (nSPS) is 10.9. The number of nitriles is 1. The summed E-state index contributed by atoms with van der Waals surface area (Å²) in [7, 11) is 3.20. The van der Waals surface area contributed by atoms with Crippen molar-refractivity contribution in [3.8, 4) is 51.6 Å². The molecular formula is C44H64N2O4. The van der Waals surface area contributed by atoms with Gasteiger partial charge in [0.15, 0.2) is 11.5 Å². The first kappa shape index (κ1) is 40.7. The Bertz CT molecular complexity index is 1380. The maximum atomic E-state index is 10.1. The van der Waals surface area contributed by atoms with Crippen LogP contribution in [0.25, 0.3) is 22.4 Å². The van der Waals surface area contributed by atoms with E-state index in [9.17, 15) is 5.26 Å². The maximum absolute atomic E-state index is 10.1. The smallest absolute Gasteiger partial charge is 0.232 e. The zero-order valence-electron chi connectivity index (χ0n) is 31.7. The highest BCUT2D eigenvalue weighted by atomic mass is 16.5. The minimum Gasteiger partial charge on any atom is -0.494 e. The van der Waals surface area contributed by atoms with E-state index in [0.717, 1.165) is 47.6 Å². The summed E-state index contributed by atoms with van der Waals surface area (Å²) in [5.74, 6) is 2.49. The molecule has 0 aliphatic rings. The number of methoxy groups -OCH3 is 2. The molecule has 1 aromatic heterocycles. The summed E-state index contributed by atoms with van der Waals surface area (Å²) in [6, 6.07) is 18.1. The van der Waals surface area contributed by atoms with Crippen molar-refractivity contribution in [2.45, 2.75) is 142 Å². The minimum absolute atomic E-state index is 0.293. The number of benzene rings is 2. The maximum Gasteiger partial charge on any atom is 0.232 e. The van der Waals surface area contributed by atoms with Gasteiger partial charge < -0.3 is 18.9 Å². The average Bonchev–Trinajstić information content (AvgIpc) is 3.15. The number of hydrogen-bond donors (Lipinski definition) is 0. The van der Waals surface area contributed by atoms with Crippen molar-refractivity contribution < 1.29 is 18.9 Å². The van der Waals surface area contributed by atoms with Crippen LogP contribution >= 0.6 is 0 Å². The third-order valence-electron chi connectivity index (χ3n) is 9.44. The number of unbranched alkanes of at least 4 members (excludes halogenated alkanes) is 18. The van der Waals surface area contributed by atoms with E-state index in [1.807, 2.05) is 48.5 Å². The zero-order valence-corrected chi connectivity index (χ0v) is 31.7. The molecule has 0 N–H and O–H groups in total. The Morgan fingerprint density at radius 3 is 1.54 bits per heavy atom. The molecule has 0 radical (unpaired) electrons. The van der Waals surface area contributed by atoms with Crippen LogP contribution in [0.1, 0.15) is 148 Å². The molecule has 3 aromatic rings. The van der Waals surface area contributed by atoms with Crippen LogP contribution < -0.4 is 18.9 Å². The number of rotatable bonds is 28. The second-order valence-electron chi connectivity index (χ2n) is 13.5. The van der Waals surface area contributed by atoms with Gasteiger partial charge in [-0.25, -0.2) is 4.98 Å². The summed E-state index contributed by atoms with van der Waals surface area (Å²) in [6.07, 6.45) is 26.0. The number of pyridine rings is 1. The summed E-state index contributed by atoms with van der Waals surface area (Å²) in [5.41, 5.74) is 3.59. The van der Waals surface area contributed by atoms with Gasteiger partial charge in [0.25, 0.3) is 0 Å². The fourth-order valence-electron chi connectivity index (χ4n) is 6.38. The van der Waals surface area contributed by atoms with E-state index in [1.165, 1.54) is 116 Å². The molecule has 0 fully saturated rings. The first-order chi connectivity index (χ1) is 24.6. The van der Waals surface area contributed by atoms with E-state index in [1.54, 1.807) is 14.2 Å². The van der Waals surface area contributed by atoms with Crippen molar-refractivity contribution in [2.24, 2.45) is 0 Å². The van der Waals surface area contributed by atoms with Gasteiger partial charge in [-0.15, -0.1) is 0 Å². The Balaban J connectivity index is 1.54. The molecule has 0 saturated carbocycles. The zero-order chi connectivity index (χ0) is 35.7. The van der Waals surface area contributed by atoms with Gasteiger partial charge in [-0.1, -0.05) is 135 Å². The lowest BCUT2D eigenvalue weighted by molar-refractivity contribution is 0.284. The lowest BCUT2D eigenvalue weighted by Gasteiger charge is -2.15. The Kier molecular flexibility index (Phi) is 20.6. The van der Waals surface area contributed by atoms with Crippen LogP contribution in [0.15, 0.2) is 48.5 Å². The molecule has 2 aromatic carbocycles. The largest absolute Gasteiger partial charge is 0.494 e. The summed E-state index contributed by atoms with van der Waals surface area (Å²) >= 11 is 0. The van der Waals surface area contributed by atoms with E-state index in [4.69, 9.17) is 23.9 Å². The Labute approximate surface area is 303 Å². The Morgan fingerprint density at radius 1 is 0.540 bits per heavy atom. The summed E-state index contributed by atoms with van der Waals surface area (Å²) in [6.45, 7) is 5.91. The lowest BCUT2D eigenvalue weighted by Crippen LogP contribution is -2.01. The molecule has 0 bridgehead atoms. The molecular weight excluding hydrogens is 620 g/mol. The predicted octanol–water partition coefficient (Wildman–Crippen LogP) is 12.9. The Morgan fingerprint density at radius 2 is 1.04 bits per heavy atom. The average molecular weight is 685 g/mol. The summed E-state index contributed by atoms with van der Waals surface area (Å²) < 4.78 is 23.5. The van der Waals surface area contributed by atoms with Crippen LogP contribution in [0.3, 0.4) is 0 Å². The summed E-state index contributed by atoms with van der Waals surface area (Å²) in [4.78, 5) is 4.69. The Hall–Kier alpha value is -3.72. The van der Waals surface area contributed by atoms with Crippen molar-refractivity contribution >= 4 is 0 Å². The SMILES string of the molecule is CCCCCCCCCCCCOc1ccc(-c2cc(-c3ccc(OCCCCCCCCCCCC)c(OC)c3)c(C#N)c(OC)n2)cc1. The monoisotopic (exact) mass is 684 g/mol. The number of nitrogens with zero attached hydrogens (tertiary/aromatic N) is 2. The van der Waals surface area contributed by atoms with Crippen LogP contribution in [0, 0.1) is 11.3 Å². The topological polar surface area (TPSA) is 73.6 Å². The van der Waals surface area contributed by atoms with Crippen molar-refractivity contribution in [1.29, 1.82) is 5.26 Å². The molecule has 274 valence electrons. The van der Waals surface area contributed by atoms with Gasteiger partial charge in [0.05, 0.1) is 33.1 Å². The molecule has 0 aliphatic heterocycles. The minimum atomic E-state index is 0.293. The first-order valence-electron chi connectivity index (χ1n) is 19.7. The van der Waals surface area contributed by atoms with Crippen molar-refractivity contribution in [1.82, 2.24) is 4.98 Å². The molecule has 6 nitrogen and oxygen atoms in total. The van der Waals surface area contributed by atoms with Crippen LogP contribution in [-0.2, 0) is 0 Å². The highest BCUT2D eigenvalue weighted by Crippen LogP contribution is 2.38. The van der Waals surface area contributed by atoms with Crippen molar-refractivity contribution in [3.63, 3.8) is 0 Å². The van der Waals surface area contributed by atoms with Gasteiger partial charge in [-0.3, -0.25) is 0 Å².